The molecule has 1 aromatic carbocycles. The molecule has 84 valence electrons. The van der Waals surface area contributed by atoms with Crippen molar-refractivity contribution in [2.45, 2.75) is 20.0 Å². The molecule has 0 aliphatic carbocycles. The van der Waals surface area contributed by atoms with Gasteiger partial charge < -0.3 is 5.11 Å². The fraction of sp³-hybridized carbons (Fsp3) is 0.273. The van der Waals surface area contributed by atoms with Crippen LogP contribution in [0.4, 0.5) is 4.39 Å². The van der Waals surface area contributed by atoms with Crippen molar-refractivity contribution in [3.63, 3.8) is 0 Å². The smallest absolute Gasteiger partial charge is 0.138 e. The van der Waals surface area contributed by atoms with E-state index in [0.29, 0.717) is 16.8 Å². The molecule has 1 N–H and O–H groups in total. The standard InChI is InChI=1S/C11H12FN3O/c1-7-3-11(15-6-13-5-14-15)9(8(2)16)4-10(7)12/h3-6,8,16H,1-2H3/t8-/m1/s1. The molecule has 0 saturated carbocycles. The highest BCUT2D eigenvalue weighted by Crippen LogP contribution is 2.24. The third-order valence-corrected chi connectivity index (χ3v) is 2.42. The Morgan fingerprint density at radius 2 is 2.19 bits per heavy atom. The highest BCUT2D eigenvalue weighted by Gasteiger charge is 2.13. The number of nitrogens with zero attached hydrogens (tertiary/aromatic N) is 3. The summed E-state index contributed by atoms with van der Waals surface area (Å²) < 4.78 is 14.9. The molecule has 0 radical (unpaired) electrons. The average molecular weight is 221 g/mol. The lowest BCUT2D eigenvalue weighted by Crippen LogP contribution is -2.05. The summed E-state index contributed by atoms with van der Waals surface area (Å²) in [4.78, 5) is 3.83. The number of hydrogen-bond acceptors (Lipinski definition) is 3. The minimum absolute atomic E-state index is 0.334. The first-order chi connectivity index (χ1) is 7.59. The second kappa shape index (κ2) is 4.02. The molecule has 1 atom stereocenters. The van der Waals surface area contributed by atoms with E-state index in [1.165, 1.54) is 23.4 Å². The van der Waals surface area contributed by atoms with Crippen molar-refractivity contribution in [1.29, 1.82) is 0 Å². The maximum Gasteiger partial charge on any atom is 0.138 e. The van der Waals surface area contributed by atoms with Crippen LogP contribution in [0.15, 0.2) is 24.8 Å². The van der Waals surface area contributed by atoms with E-state index in [1.807, 2.05) is 0 Å². The molecule has 1 heterocycles. The van der Waals surface area contributed by atoms with Gasteiger partial charge in [-0.15, -0.1) is 0 Å². The van der Waals surface area contributed by atoms with Crippen molar-refractivity contribution >= 4 is 0 Å². The normalized spacial score (nSPS) is 12.8. The molecule has 0 bridgehead atoms. The van der Waals surface area contributed by atoms with E-state index >= 15 is 0 Å². The number of rotatable bonds is 2. The minimum Gasteiger partial charge on any atom is -0.389 e. The maximum absolute atomic E-state index is 13.4. The lowest BCUT2D eigenvalue weighted by Gasteiger charge is -2.13. The third kappa shape index (κ3) is 1.81. The Morgan fingerprint density at radius 3 is 2.75 bits per heavy atom. The molecule has 2 rings (SSSR count). The molecule has 2 aromatic rings. The number of halogens is 1. The Kier molecular flexibility index (Phi) is 2.70. The maximum atomic E-state index is 13.4. The SMILES string of the molecule is Cc1cc(-n2cncn2)c([C@@H](C)O)cc1F. The number of benzene rings is 1. The second-order valence-electron chi connectivity index (χ2n) is 3.68. The highest BCUT2D eigenvalue weighted by molar-refractivity contribution is 5.44. The van der Waals surface area contributed by atoms with Crippen LogP contribution in [-0.4, -0.2) is 19.9 Å². The lowest BCUT2D eigenvalue weighted by atomic mass is 10.1. The summed E-state index contributed by atoms with van der Waals surface area (Å²) in [5.74, 6) is -0.334. The predicted octanol–water partition coefficient (Wildman–Crippen LogP) is 1.77. The van der Waals surface area contributed by atoms with Crippen LogP contribution in [0.3, 0.4) is 0 Å². The molecule has 0 aliphatic rings. The van der Waals surface area contributed by atoms with Crippen molar-refractivity contribution in [2.24, 2.45) is 0 Å². The van der Waals surface area contributed by atoms with E-state index in [9.17, 15) is 9.50 Å². The van der Waals surface area contributed by atoms with Crippen LogP contribution in [0.5, 0.6) is 0 Å². The van der Waals surface area contributed by atoms with Crippen molar-refractivity contribution in [3.05, 3.63) is 41.7 Å². The number of aromatic nitrogens is 3. The van der Waals surface area contributed by atoms with Gasteiger partial charge in [0.05, 0.1) is 11.8 Å². The molecule has 0 aliphatic heterocycles. The Morgan fingerprint density at radius 1 is 1.44 bits per heavy atom. The number of aryl methyl sites for hydroxylation is 1. The number of aliphatic hydroxyl groups is 1. The predicted molar refractivity (Wildman–Crippen MR) is 56.7 cm³/mol. The zero-order valence-corrected chi connectivity index (χ0v) is 9.05. The Bertz CT molecular complexity index is 494. The van der Waals surface area contributed by atoms with Crippen LogP contribution in [0, 0.1) is 12.7 Å². The first-order valence-electron chi connectivity index (χ1n) is 4.92. The molecule has 0 spiro atoms. The monoisotopic (exact) mass is 221 g/mol. The third-order valence-electron chi connectivity index (χ3n) is 2.42. The van der Waals surface area contributed by atoms with Crippen LogP contribution < -0.4 is 0 Å². The molecule has 0 amide bonds. The van der Waals surface area contributed by atoms with E-state index in [0.717, 1.165) is 0 Å². The van der Waals surface area contributed by atoms with Crippen LogP contribution in [-0.2, 0) is 0 Å². The highest BCUT2D eigenvalue weighted by atomic mass is 19.1. The summed E-state index contributed by atoms with van der Waals surface area (Å²) in [6.07, 6.45) is 2.15. The Labute approximate surface area is 92.4 Å². The van der Waals surface area contributed by atoms with E-state index in [1.54, 1.807) is 19.9 Å². The van der Waals surface area contributed by atoms with Crippen LogP contribution in [0.1, 0.15) is 24.2 Å². The van der Waals surface area contributed by atoms with E-state index in [2.05, 4.69) is 10.1 Å². The van der Waals surface area contributed by atoms with E-state index < -0.39 is 6.10 Å². The summed E-state index contributed by atoms with van der Waals surface area (Å²) in [6, 6.07) is 2.98. The van der Waals surface area contributed by atoms with Crippen molar-refractivity contribution < 1.29 is 9.50 Å². The Balaban J connectivity index is 2.63. The number of hydrogen-bond donors (Lipinski definition) is 1. The molecule has 16 heavy (non-hydrogen) atoms. The van der Waals surface area contributed by atoms with Gasteiger partial charge in [0.1, 0.15) is 18.5 Å². The topological polar surface area (TPSA) is 50.9 Å². The lowest BCUT2D eigenvalue weighted by molar-refractivity contribution is 0.198. The van der Waals surface area contributed by atoms with Gasteiger partial charge in [-0.2, -0.15) is 5.10 Å². The summed E-state index contributed by atoms with van der Waals surface area (Å²) in [6.45, 7) is 3.26. The molecule has 0 saturated heterocycles. The quantitative estimate of drug-likeness (QED) is 0.840. The van der Waals surface area contributed by atoms with Crippen LogP contribution >= 0.6 is 0 Å². The van der Waals surface area contributed by atoms with E-state index in [-0.39, 0.29) is 5.82 Å². The summed E-state index contributed by atoms with van der Waals surface area (Å²) in [5.41, 5.74) is 1.65. The van der Waals surface area contributed by atoms with Gasteiger partial charge in [0.25, 0.3) is 0 Å². The van der Waals surface area contributed by atoms with E-state index in [4.69, 9.17) is 0 Å². The molecular formula is C11H12FN3O. The van der Waals surface area contributed by atoms with Crippen LogP contribution in [0.2, 0.25) is 0 Å². The molecular weight excluding hydrogens is 209 g/mol. The second-order valence-corrected chi connectivity index (χ2v) is 3.68. The van der Waals surface area contributed by atoms with Gasteiger partial charge >= 0.3 is 0 Å². The molecule has 4 nitrogen and oxygen atoms in total. The molecule has 1 aromatic heterocycles. The fourth-order valence-electron chi connectivity index (χ4n) is 1.55. The minimum atomic E-state index is -0.755. The average Bonchev–Trinajstić information content (AvgIpc) is 2.74. The van der Waals surface area contributed by atoms with Gasteiger partial charge in [0.15, 0.2) is 0 Å². The van der Waals surface area contributed by atoms with Crippen molar-refractivity contribution in [1.82, 2.24) is 14.8 Å². The zero-order chi connectivity index (χ0) is 11.7. The summed E-state index contributed by atoms with van der Waals surface area (Å²) in [7, 11) is 0. The van der Waals surface area contributed by atoms with Crippen molar-refractivity contribution in [3.8, 4) is 5.69 Å². The van der Waals surface area contributed by atoms with Gasteiger partial charge in [-0.3, -0.25) is 0 Å². The van der Waals surface area contributed by atoms with Gasteiger partial charge in [0, 0.05) is 5.56 Å². The first-order valence-corrected chi connectivity index (χ1v) is 4.92. The molecule has 0 fully saturated rings. The van der Waals surface area contributed by atoms with Gasteiger partial charge in [-0.25, -0.2) is 14.1 Å². The van der Waals surface area contributed by atoms with Crippen LogP contribution in [0.25, 0.3) is 5.69 Å². The summed E-state index contributed by atoms with van der Waals surface area (Å²) in [5, 5.41) is 13.6. The zero-order valence-electron chi connectivity index (χ0n) is 9.05. The van der Waals surface area contributed by atoms with Gasteiger partial charge in [-0.05, 0) is 31.5 Å². The fourth-order valence-corrected chi connectivity index (χ4v) is 1.55. The Hall–Kier alpha value is -1.75. The van der Waals surface area contributed by atoms with Crippen molar-refractivity contribution in [2.75, 3.05) is 0 Å². The van der Waals surface area contributed by atoms with Gasteiger partial charge in [-0.1, -0.05) is 0 Å². The number of aliphatic hydroxyl groups excluding tert-OH is 1. The molecule has 5 heteroatoms. The summed E-state index contributed by atoms with van der Waals surface area (Å²) >= 11 is 0. The van der Waals surface area contributed by atoms with Gasteiger partial charge in [0.2, 0.25) is 0 Å². The molecule has 0 unspecified atom stereocenters. The largest absolute Gasteiger partial charge is 0.389 e. The first kappa shape index (κ1) is 10.8.